The topological polar surface area (TPSA) is 104 Å². The maximum absolute atomic E-state index is 9.52. The molecule has 0 aliphatic rings. The van der Waals surface area contributed by atoms with Gasteiger partial charge >= 0.3 is 0 Å². The molecule has 168 valence electrons. The number of halogens is 2. The minimum atomic E-state index is 0. The molecule has 0 unspecified atom stereocenters. The molecule has 3 rings (SSSR count). The molecule has 0 aliphatic heterocycles. The molecular weight excluding hydrogens is 537 g/mol. The average molecular weight is 564 g/mol. The predicted octanol–water partition coefficient (Wildman–Crippen LogP) is 3.94. The zero-order chi connectivity index (χ0) is 22.1. The SMILES string of the molecule is CN=C(NCCCc1nn(-c2ccccc2)c(N)c1C#N)NCCc1ccccc1Cl.I. The molecule has 0 aliphatic carbocycles. The third-order valence-corrected chi connectivity index (χ3v) is 5.23. The van der Waals surface area contributed by atoms with Gasteiger partial charge in [0.1, 0.15) is 17.5 Å². The fourth-order valence-corrected chi connectivity index (χ4v) is 3.47. The van der Waals surface area contributed by atoms with E-state index in [1.54, 1.807) is 11.7 Å². The van der Waals surface area contributed by atoms with Crippen LogP contribution < -0.4 is 16.4 Å². The van der Waals surface area contributed by atoms with Crippen LogP contribution in [-0.4, -0.2) is 35.9 Å². The van der Waals surface area contributed by atoms with Gasteiger partial charge in [-0.3, -0.25) is 4.99 Å². The van der Waals surface area contributed by atoms with Crippen LogP contribution in [-0.2, 0) is 12.8 Å². The third-order valence-electron chi connectivity index (χ3n) is 4.86. The number of hydrogen-bond donors (Lipinski definition) is 3. The highest BCUT2D eigenvalue weighted by molar-refractivity contribution is 14.0. The molecule has 1 aromatic heterocycles. The molecule has 2 aromatic carbocycles. The van der Waals surface area contributed by atoms with E-state index in [1.165, 1.54) is 0 Å². The van der Waals surface area contributed by atoms with E-state index in [-0.39, 0.29) is 24.0 Å². The number of aromatic nitrogens is 2. The summed E-state index contributed by atoms with van der Waals surface area (Å²) in [5, 5.41) is 21.4. The minimum Gasteiger partial charge on any atom is -0.382 e. The van der Waals surface area contributed by atoms with E-state index in [0.717, 1.165) is 41.6 Å². The number of para-hydroxylation sites is 1. The summed E-state index contributed by atoms with van der Waals surface area (Å²) in [5.74, 6) is 1.09. The van der Waals surface area contributed by atoms with E-state index in [2.05, 4.69) is 26.8 Å². The summed E-state index contributed by atoms with van der Waals surface area (Å²) in [6, 6.07) is 19.6. The summed E-state index contributed by atoms with van der Waals surface area (Å²) in [7, 11) is 1.74. The second-order valence-corrected chi connectivity index (χ2v) is 7.34. The van der Waals surface area contributed by atoms with Crippen molar-refractivity contribution < 1.29 is 0 Å². The second kappa shape index (κ2) is 12.9. The number of guanidine groups is 1. The van der Waals surface area contributed by atoms with Crippen molar-refractivity contribution in [1.29, 1.82) is 5.26 Å². The normalized spacial score (nSPS) is 10.8. The van der Waals surface area contributed by atoms with Crippen LogP contribution in [0.4, 0.5) is 5.82 Å². The number of nitrogen functional groups attached to an aromatic ring is 1. The number of aliphatic imine (C=N–C) groups is 1. The van der Waals surface area contributed by atoms with Gasteiger partial charge in [0.25, 0.3) is 0 Å². The first-order valence-electron chi connectivity index (χ1n) is 10.1. The summed E-state index contributed by atoms with van der Waals surface area (Å²) in [5.41, 5.74) is 9.23. The first-order valence-corrected chi connectivity index (χ1v) is 10.5. The predicted molar refractivity (Wildman–Crippen MR) is 141 cm³/mol. The average Bonchev–Trinajstić information content (AvgIpc) is 3.12. The number of benzene rings is 2. The molecule has 0 atom stereocenters. The molecule has 3 aromatic rings. The zero-order valence-electron chi connectivity index (χ0n) is 17.9. The van der Waals surface area contributed by atoms with Gasteiger partial charge in [-0.25, -0.2) is 4.68 Å². The smallest absolute Gasteiger partial charge is 0.190 e. The summed E-state index contributed by atoms with van der Waals surface area (Å²) < 4.78 is 1.62. The molecule has 4 N–H and O–H groups in total. The van der Waals surface area contributed by atoms with Gasteiger partial charge in [-0.2, -0.15) is 10.4 Å². The van der Waals surface area contributed by atoms with Crippen molar-refractivity contribution in [2.45, 2.75) is 19.3 Å². The maximum atomic E-state index is 9.52. The molecule has 7 nitrogen and oxygen atoms in total. The summed E-state index contributed by atoms with van der Waals surface area (Å²) in [4.78, 5) is 4.25. The second-order valence-electron chi connectivity index (χ2n) is 6.94. The Labute approximate surface area is 210 Å². The Bertz CT molecular complexity index is 1070. The Balaban J connectivity index is 0.00000363. The van der Waals surface area contributed by atoms with Crippen molar-refractivity contribution in [2.75, 3.05) is 25.9 Å². The molecule has 0 amide bonds. The first kappa shape index (κ1) is 25.5. The Morgan fingerprint density at radius 2 is 1.78 bits per heavy atom. The highest BCUT2D eigenvalue weighted by Crippen LogP contribution is 2.21. The van der Waals surface area contributed by atoms with Crippen molar-refractivity contribution in [3.05, 3.63) is 76.4 Å². The van der Waals surface area contributed by atoms with Gasteiger partial charge in [0.2, 0.25) is 0 Å². The lowest BCUT2D eigenvalue weighted by Crippen LogP contribution is -2.38. The lowest BCUT2D eigenvalue weighted by atomic mass is 10.1. The van der Waals surface area contributed by atoms with Crippen molar-refractivity contribution >= 4 is 47.4 Å². The number of nitrogens with one attached hydrogen (secondary N) is 2. The Morgan fingerprint density at radius 3 is 2.47 bits per heavy atom. The van der Waals surface area contributed by atoms with Crippen LogP contribution in [0.25, 0.3) is 5.69 Å². The number of hydrogen-bond acceptors (Lipinski definition) is 4. The fourth-order valence-electron chi connectivity index (χ4n) is 3.24. The van der Waals surface area contributed by atoms with E-state index in [4.69, 9.17) is 17.3 Å². The van der Waals surface area contributed by atoms with Crippen LogP contribution in [0.15, 0.2) is 59.6 Å². The minimum absolute atomic E-state index is 0. The number of nitrogens with two attached hydrogens (primary N) is 1. The Kier molecular flexibility index (Phi) is 10.3. The summed E-state index contributed by atoms with van der Waals surface area (Å²) in [6.45, 7) is 1.41. The standard InChI is InChI=1S/C23H26ClN7.HI/c1-27-23(29-15-13-17-8-5-6-11-20(17)24)28-14-7-12-21-19(16-25)22(26)31(30-21)18-9-3-2-4-10-18;/h2-6,8-11H,7,12-15,26H2,1H3,(H2,27,28,29);1H. The van der Waals surface area contributed by atoms with Gasteiger partial charge < -0.3 is 16.4 Å². The lowest BCUT2D eigenvalue weighted by Gasteiger charge is -2.12. The van der Waals surface area contributed by atoms with Crippen LogP contribution >= 0.6 is 35.6 Å². The van der Waals surface area contributed by atoms with E-state index >= 15 is 0 Å². The molecule has 0 saturated carbocycles. The first-order chi connectivity index (χ1) is 15.1. The van der Waals surface area contributed by atoms with Crippen molar-refractivity contribution in [2.24, 2.45) is 4.99 Å². The maximum Gasteiger partial charge on any atom is 0.190 e. The number of nitriles is 1. The van der Waals surface area contributed by atoms with Gasteiger partial charge in [-0.15, -0.1) is 24.0 Å². The molecule has 0 spiro atoms. The van der Waals surface area contributed by atoms with Gasteiger partial charge in [-0.05, 0) is 43.0 Å². The van der Waals surface area contributed by atoms with Crippen LogP contribution in [0.1, 0.15) is 23.2 Å². The molecule has 0 bridgehead atoms. The highest BCUT2D eigenvalue weighted by atomic mass is 127. The lowest BCUT2D eigenvalue weighted by molar-refractivity contribution is 0.720. The van der Waals surface area contributed by atoms with Crippen LogP contribution in [0.3, 0.4) is 0 Å². The van der Waals surface area contributed by atoms with Gasteiger partial charge in [0.05, 0.1) is 11.4 Å². The highest BCUT2D eigenvalue weighted by Gasteiger charge is 2.16. The Morgan fingerprint density at radius 1 is 1.09 bits per heavy atom. The molecule has 0 saturated heterocycles. The van der Waals surface area contributed by atoms with E-state index in [9.17, 15) is 5.26 Å². The van der Waals surface area contributed by atoms with E-state index < -0.39 is 0 Å². The van der Waals surface area contributed by atoms with Gasteiger partial charge in [0, 0.05) is 25.2 Å². The molecule has 0 radical (unpaired) electrons. The number of anilines is 1. The molecule has 32 heavy (non-hydrogen) atoms. The van der Waals surface area contributed by atoms with Gasteiger partial charge in [0.15, 0.2) is 5.96 Å². The monoisotopic (exact) mass is 563 g/mol. The molecule has 1 heterocycles. The number of nitrogens with zero attached hydrogens (tertiary/aromatic N) is 4. The Hall–Kier alpha value is -2.77. The molecule has 0 fully saturated rings. The van der Waals surface area contributed by atoms with Crippen molar-refractivity contribution in [3.63, 3.8) is 0 Å². The largest absolute Gasteiger partial charge is 0.382 e. The summed E-state index contributed by atoms with van der Waals surface area (Å²) >= 11 is 6.20. The third kappa shape index (κ3) is 6.61. The molecule has 9 heteroatoms. The number of rotatable bonds is 8. The van der Waals surface area contributed by atoms with Crippen molar-refractivity contribution in [3.8, 4) is 11.8 Å². The van der Waals surface area contributed by atoms with Crippen LogP contribution in [0.5, 0.6) is 0 Å². The number of aryl methyl sites for hydroxylation is 1. The fraction of sp³-hybridized carbons (Fsp3) is 0.261. The van der Waals surface area contributed by atoms with E-state index in [0.29, 0.717) is 30.0 Å². The van der Waals surface area contributed by atoms with E-state index in [1.807, 2.05) is 54.6 Å². The quantitative estimate of drug-likeness (QED) is 0.167. The van der Waals surface area contributed by atoms with Crippen LogP contribution in [0, 0.1) is 11.3 Å². The van der Waals surface area contributed by atoms with Crippen molar-refractivity contribution in [1.82, 2.24) is 20.4 Å². The van der Waals surface area contributed by atoms with Gasteiger partial charge in [-0.1, -0.05) is 48.0 Å². The van der Waals surface area contributed by atoms with Crippen LogP contribution in [0.2, 0.25) is 5.02 Å². The summed E-state index contributed by atoms with van der Waals surface area (Å²) in [6.07, 6.45) is 2.23. The zero-order valence-corrected chi connectivity index (χ0v) is 21.0. The molecular formula is C23H27ClIN7.